The van der Waals surface area contributed by atoms with E-state index in [9.17, 15) is 4.79 Å². The van der Waals surface area contributed by atoms with Crippen molar-refractivity contribution in [1.82, 2.24) is 15.1 Å². The van der Waals surface area contributed by atoms with Gasteiger partial charge in [-0.3, -0.25) is 9.48 Å². The van der Waals surface area contributed by atoms with Crippen LogP contribution in [0.2, 0.25) is 0 Å². The van der Waals surface area contributed by atoms with Crippen molar-refractivity contribution >= 4 is 11.7 Å². The molecule has 0 aliphatic heterocycles. The van der Waals surface area contributed by atoms with Crippen LogP contribution in [0, 0.1) is 11.3 Å². The molecule has 110 valence electrons. The Balaban J connectivity index is 1.90. The van der Waals surface area contributed by atoms with Crippen LogP contribution in [0.3, 0.4) is 0 Å². The fourth-order valence-electron chi connectivity index (χ4n) is 2.83. The monoisotopic (exact) mass is 279 g/mol. The lowest BCUT2D eigenvalue weighted by Gasteiger charge is -2.43. The number of carbonyl (C=O) groups is 1. The predicted octanol–water partition coefficient (Wildman–Crippen LogP) is 0.242. The Hall–Kier alpha value is -2.05. The van der Waals surface area contributed by atoms with Gasteiger partial charge in [-0.25, -0.2) is 0 Å². The maximum absolute atomic E-state index is 12.3. The Morgan fingerprint density at radius 3 is 2.90 bits per heavy atom. The quantitative estimate of drug-likeness (QED) is 0.311. The Morgan fingerprint density at radius 2 is 2.40 bits per heavy atom. The fourth-order valence-corrected chi connectivity index (χ4v) is 2.83. The van der Waals surface area contributed by atoms with Crippen molar-refractivity contribution in [2.24, 2.45) is 29.3 Å². The van der Waals surface area contributed by atoms with Crippen LogP contribution in [0.25, 0.3) is 0 Å². The highest BCUT2D eigenvalue weighted by molar-refractivity contribution is 6.07. The summed E-state index contributed by atoms with van der Waals surface area (Å²) < 4.78 is 1.72. The van der Waals surface area contributed by atoms with Crippen molar-refractivity contribution in [3.8, 4) is 0 Å². The minimum absolute atomic E-state index is 0.00878. The molecule has 1 aliphatic carbocycles. The van der Waals surface area contributed by atoms with Crippen molar-refractivity contribution < 1.29 is 10.0 Å². The summed E-state index contributed by atoms with van der Waals surface area (Å²) in [4.78, 5) is 12.3. The summed E-state index contributed by atoms with van der Waals surface area (Å²) in [5.74, 6) is 0.267. The highest BCUT2D eigenvalue weighted by atomic mass is 16.4. The number of aromatic nitrogens is 2. The number of nitrogens with zero attached hydrogens (tertiary/aromatic N) is 3. The van der Waals surface area contributed by atoms with Crippen molar-refractivity contribution in [3.63, 3.8) is 0 Å². The van der Waals surface area contributed by atoms with E-state index in [-0.39, 0.29) is 11.7 Å². The molecule has 0 aromatic carbocycles. The van der Waals surface area contributed by atoms with Crippen molar-refractivity contribution in [2.45, 2.75) is 26.2 Å². The number of amides is 1. The number of oxime groups is 1. The van der Waals surface area contributed by atoms with Crippen molar-refractivity contribution in [2.75, 3.05) is 6.54 Å². The van der Waals surface area contributed by atoms with Crippen molar-refractivity contribution in [3.05, 3.63) is 18.0 Å². The van der Waals surface area contributed by atoms with Crippen LogP contribution >= 0.6 is 0 Å². The third-order valence-electron chi connectivity index (χ3n) is 3.88. The molecule has 0 unspecified atom stereocenters. The van der Waals surface area contributed by atoms with Gasteiger partial charge in [0.05, 0.1) is 6.20 Å². The first-order valence-electron chi connectivity index (χ1n) is 6.72. The second kappa shape index (κ2) is 5.52. The molecule has 1 saturated carbocycles. The fraction of sp³-hybridized carbons (Fsp3) is 0.615. The predicted molar refractivity (Wildman–Crippen MR) is 74.2 cm³/mol. The smallest absolute Gasteiger partial charge is 0.233 e. The Bertz CT molecular complexity index is 517. The van der Waals surface area contributed by atoms with Crippen LogP contribution in [0.1, 0.15) is 25.3 Å². The third kappa shape index (κ3) is 2.61. The molecule has 1 amide bonds. The van der Waals surface area contributed by atoms with Gasteiger partial charge in [0.2, 0.25) is 5.91 Å². The number of rotatable bonds is 5. The van der Waals surface area contributed by atoms with Crippen LogP contribution in [0.15, 0.2) is 17.5 Å². The summed E-state index contributed by atoms with van der Waals surface area (Å²) in [6.45, 7) is 2.56. The summed E-state index contributed by atoms with van der Waals surface area (Å²) >= 11 is 0. The maximum Gasteiger partial charge on any atom is 0.233 e. The Kier molecular flexibility index (Phi) is 3.96. The van der Waals surface area contributed by atoms with Crippen LogP contribution in [-0.4, -0.2) is 33.3 Å². The first-order chi connectivity index (χ1) is 9.48. The standard InChI is InChI=1S/C13H21N5O2/c1-9-5-13(6-9,11(14)17-20)12(19)15-4-3-10-7-16-18(2)8-10/h7-9,20H,3-6H2,1-2H3,(H2,14,17)(H,15,19). The van der Waals surface area contributed by atoms with Crippen LogP contribution in [-0.2, 0) is 18.3 Å². The first-order valence-corrected chi connectivity index (χ1v) is 6.72. The van der Waals surface area contributed by atoms with Gasteiger partial charge in [-0.1, -0.05) is 12.1 Å². The van der Waals surface area contributed by atoms with Crippen LogP contribution < -0.4 is 11.1 Å². The Morgan fingerprint density at radius 1 is 1.70 bits per heavy atom. The van der Waals surface area contributed by atoms with E-state index < -0.39 is 5.41 Å². The first kappa shape index (κ1) is 14.4. The number of nitrogens with two attached hydrogens (primary N) is 1. The van der Waals surface area contributed by atoms with E-state index in [0.717, 1.165) is 5.56 Å². The van der Waals surface area contributed by atoms with Crippen LogP contribution in [0.4, 0.5) is 0 Å². The summed E-state index contributed by atoms with van der Waals surface area (Å²) in [5, 5.41) is 18.8. The lowest BCUT2D eigenvalue weighted by molar-refractivity contribution is -0.133. The summed E-state index contributed by atoms with van der Waals surface area (Å²) in [7, 11) is 1.85. The SMILES string of the molecule is CC1CC(C(=O)NCCc2cnn(C)c2)(C(N)=NO)C1. The molecule has 0 atom stereocenters. The van der Waals surface area contributed by atoms with E-state index in [1.807, 2.05) is 20.2 Å². The third-order valence-corrected chi connectivity index (χ3v) is 3.88. The van der Waals surface area contributed by atoms with Gasteiger partial charge in [0, 0.05) is 19.8 Å². The van der Waals surface area contributed by atoms with E-state index in [2.05, 4.69) is 15.6 Å². The van der Waals surface area contributed by atoms with E-state index in [4.69, 9.17) is 10.9 Å². The molecule has 7 heteroatoms. The minimum Gasteiger partial charge on any atom is -0.409 e. The van der Waals surface area contributed by atoms with E-state index in [0.29, 0.717) is 31.7 Å². The minimum atomic E-state index is -0.830. The summed E-state index contributed by atoms with van der Waals surface area (Å²) in [5.41, 5.74) is 5.92. The Labute approximate surface area is 117 Å². The average Bonchev–Trinajstić information content (AvgIpc) is 2.79. The summed E-state index contributed by atoms with van der Waals surface area (Å²) in [6.07, 6.45) is 5.65. The van der Waals surface area contributed by atoms with Gasteiger partial charge in [-0.15, -0.1) is 0 Å². The second-order valence-electron chi connectivity index (χ2n) is 5.61. The van der Waals surface area contributed by atoms with E-state index in [1.165, 1.54) is 0 Å². The highest BCUT2D eigenvalue weighted by Gasteiger charge is 2.51. The summed E-state index contributed by atoms with van der Waals surface area (Å²) in [6, 6.07) is 0. The maximum atomic E-state index is 12.3. The molecular weight excluding hydrogens is 258 g/mol. The second-order valence-corrected chi connectivity index (χ2v) is 5.61. The lowest BCUT2D eigenvalue weighted by Crippen LogP contribution is -2.57. The van der Waals surface area contributed by atoms with E-state index >= 15 is 0 Å². The van der Waals surface area contributed by atoms with E-state index in [1.54, 1.807) is 10.9 Å². The number of carbonyl (C=O) groups excluding carboxylic acids is 1. The zero-order valence-corrected chi connectivity index (χ0v) is 11.8. The molecule has 1 heterocycles. The number of hydrogen-bond donors (Lipinski definition) is 3. The number of amidine groups is 1. The molecule has 4 N–H and O–H groups in total. The zero-order chi connectivity index (χ0) is 14.8. The van der Waals surface area contributed by atoms with Gasteiger partial charge in [0.25, 0.3) is 0 Å². The molecule has 20 heavy (non-hydrogen) atoms. The largest absolute Gasteiger partial charge is 0.409 e. The molecule has 1 aromatic heterocycles. The highest BCUT2D eigenvalue weighted by Crippen LogP contribution is 2.45. The number of hydrogen-bond acceptors (Lipinski definition) is 4. The molecule has 0 spiro atoms. The number of aryl methyl sites for hydroxylation is 1. The lowest BCUT2D eigenvalue weighted by atomic mass is 9.61. The molecule has 1 aliphatic rings. The topological polar surface area (TPSA) is 106 Å². The average molecular weight is 279 g/mol. The van der Waals surface area contributed by atoms with Gasteiger partial charge in [0.1, 0.15) is 5.41 Å². The zero-order valence-electron chi connectivity index (χ0n) is 11.8. The van der Waals surface area contributed by atoms with Crippen molar-refractivity contribution in [1.29, 1.82) is 0 Å². The molecular formula is C13H21N5O2. The molecule has 2 rings (SSSR count). The van der Waals surface area contributed by atoms with Gasteiger partial charge < -0.3 is 16.3 Å². The van der Waals surface area contributed by atoms with Gasteiger partial charge in [-0.2, -0.15) is 5.10 Å². The van der Waals surface area contributed by atoms with Crippen LogP contribution in [0.5, 0.6) is 0 Å². The van der Waals surface area contributed by atoms with Gasteiger partial charge in [0.15, 0.2) is 5.84 Å². The molecule has 0 bridgehead atoms. The molecule has 1 fully saturated rings. The van der Waals surface area contributed by atoms with Gasteiger partial charge in [-0.05, 0) is 30.7 Å². The molecule has 7 nitrogen and oxygen atoms in total. The molecule has 1 aromatic rings. The van der Waals surface area contributed by atoms with Gasteiger partial charge >= 0.3 is 0 Å². The molecule has 0 radical (unpaired) electrons. The molecule has 0 saturated heterocycles. The number of nitrogens with one attached hydrogen (secondary N) is 1. The normalized spacial score (nSPS) is 26.1.